The number of allylic oxidation sites excluding steroid dienone is 13. The summed E-state index contributed by atoms with van der Waals surface area (Å²) in [5, 5.41) is 0. The van der Waals surface area contributed by atoms with Gasteiger partial charge in [-0.05, 0) is 50.6 Å². The van der Waals surface area contributed by atoms with Crippen LogP contribution in [0.3, 0.4) is 0 Å². The molecule has 5 aromatic rings. The maximum Gasteiger partial charge on any atom is 0.241 e. The normalized spacial score (nSPS) is 23.2. The van der Waals surface area contributed by atoms with E-state index in [4.69, 9.17) is 0 Å². The summed E-state index contributed by atoms with van der Waals surface area (Å²) < 4.78 is 2.57. The number of para-hydroxylation sites is 2. The molecule has 4 heteroatoms. The minimum atomic E-state index is 0.0588. The highest BCUT2D eigenvalue weighted by Gasteiger charge is 2.57. The predicted molar refractivity (Wildman–Crippen MR) is 232 cm³/mol. The van der Waals surface area contributed by atoms with Crippen LogP contribution in [0.25, 0.3) is 16.7 Å². The van der Waals surface area contributed by atoms with E-state index >= 15 is 0 Å². The smallest absolute Gasteiger partial charge is 0.241 e. The van der Waals surface area contributed by atoms with Crippen molar-refractivity contribution in [3.63, 3.8) is 0 Å². The highest BCUT2D eigenvalue weighted by molar-refractivity contribution is 7.08. The fourth-order valence-corrected chi connectivity index (χ4v) is 12.1. The standard InChI is InChI=1S/C52H33B2N2/c1-3-13-33(14-4-1)53-42-22-11-19-37-35-17-7-9-21-41(35)54(49(37)42)43-29-31-26-28-40-48-32(25-27-39(47(31)48)50(43)53)30-46-52(40)56-44-23-10-8-18-36(44)38-20-12-24-45(51(38)56)55(46)34-15-5-2-6-16-34/h1-30,47,51-52H/q+1. The fraction of sp³-hybridized carbons (Fsp3) is 0.0577. The molecule has 256 valence electrons. The Morgan fingerprint density at radius 3 is 2.23 bits per heavy atom. The van der Waals surface area contributed by atoms with Gasteiger partial charge in [-0.15, -0.1) is 0 Å². The van der Waals surface area contributed by atoms with Crippen LogP contribution in [0.1, 0.15) is 5.56 Å². The Bertz CT molecular complexity index is 3040. The maximum atomic E-state index is 2.75. The summed E-state index contributed by atoms with van der Waals surface area (Å²) >= 11 is 0. The van der Waals surface area contributed by atoms with Crippen molar-refractivity contribution in [3.8, 4) is 11.1 Å². The van der Waals surface area contributed by atoms with Gasteiger partial charge in [0, 0.05) is 41.5 Å². The van der Waals surface area contributed by atoms with Gasteiger partial charge >= 0.3 is 0 Å². The van der Waals surface area contributed by atoms with Crippen LogP contribution >= 0.6 is 0 Å². The number of anilines is 1. The first-order chi connectivity index (χ1) is 27.8. The van der Waals surface area contributed by atoms with E-state index in [9.17, 15) is 0 Å². The molecule has 14 rings (SSSR count). The lowest BCUT2D eigenvalue weighted by Gasteiger charge is -2.47. The molecule has 0 saturated carbocycles. The SMILES string of the molecule is C1=CC2=[N+](c3ccccc3)C3=CC4=C5C(=CC=C6C=C7B8c9ccccc9-c9cccc(c98)B(c8ccccc8)C7=C(C=C4)C65)C3N3c4ccccc4C(=C1)C23. The second-order valence-electron chi connectivity index (χ2n) is 16.4. The van der Waals surface area contributed by atoms with Gasteiger partial charge in [0.25, 0.3) is 0 Å². The van der Waals surface area contributed by atoms with Crippen LogP contribution in [0.5, 0.6) is 0 Å². The largest absolute Gasteiger partial charge is 0.337 e. The second-order valence-corrected chi connectivity index (χ2v) is 16.4. The van der Waals surface area contributed by atoms with Gasteiger partial charge in [-0.1, -0.05) is 185 Å². The molecule has 5 aliphatic carbocycles. The quantitative estimate of drug-likeness (QED) is 0.136. The van der Waals surface area contributed by atoms with Crippen molar-refractivity contribution in [2.45, 2.75) is 12.1 Å². The van der Waals surface area contributed by atoms with Crippen LogP contribution in [0, 0.1) is 5.92 Å². The minimum Gasteiger partial charge on any atom is -0.337 e. The molecule has 3 atom stereocenters. The molecule has 0 N–H and O–H groups in total. The lowest BCUT2D eigenvalue weighted by atomic mass is 9.18. The summed E-state index contributed by atoms with van der Waals surface area (Å²) in [7, 11) is 0. The number of fused-ring (bicyclic) bond motifs is 11. The van der Waals surface area contributed by atoms with Crippen molar-refractivity contribution in [3.05, 3.63) is 232 Å². The zero-order chi connectivity index (χ0) is 36.2. The molecule has 0 fully saturated rings. The third-order valence-corrected chi connectivity index (χ3v) is 14.0. The van der Waals surface area contributed by atoms with Crippen molar-refractivity contribution in [1.82, 2.24) is 0 Å². The van der Waals surface area contributed by atoms with E-state index in [0.29, 0.717) is 0 Å². The lowest BCUT2D eigenvalue weighted by molar-refractivity contribution is -0.392. The van der Waals surface area contributed by atoms with Gasteiger partial charge in [-0.2, -0.15) is 4.58 Å². The predicted octanol–water partition coefficient (Wildman–Crippen LogP) is 7.47. The summed E-state index contributed by atoms with van der Waals surface area (Å²) in [6.45, 7) is 0.383. The highest BCUT2D eigenvalue weighted by Crippen LogP contribution is 2.56. The van der Waals surface area contributed by atoms with Gasteiger partial charge in [0.05, 0.1) is 0 Å². The Kier molecular flexibility index (Phi) is 5.60. The van der Waals surface area contributed by atoms with Crippen molar-refractivity contribution < 1.29 is 4.58 Å². The molecule has 0 bridgehead atoms. The molecule has 56 heavy (non-hydrogen) atoms. The zero-order valence-electron chi connectivity index (χ0n) is 30.6. The first-order valence-corrected chi connectivity index (χ1v) is 20.1. The van der Waals surface area contributed by atoms with Crippen molar-refractivity contribution in [1.29, 1.82) is 0 Å². The van der Waals surface area contributed by atoms with Crippen LogP contribution in [0.4, 0.5) is 11.4 Å². The highest BCUT2D eigenvalue weighted by atomic mass is 15.3. The molecular weight excluding hydrogens is 674 g/mol. The fourth-order valence-electron chi connectivity index (χ4n) is 12.1. The summed E-state index contributed by atoms with van der Waals surface area (Å²) in [5.41, 5.74) is 26.6. The summed E-state index contributed by atoms with van der Waals surface area (Å²) in [4.78, 5) is 2.75. The minimum absolute atomic E-state index is 0.0588. The molecule has 0 aromatic heterocycles. The van der Waals surface area contributed by atoms with Gasteiger partial charge in [0.15, 0.2) is 0 Å². The first kappa shape index (κ1) is 29.7. The van der Waals surface area contributed by atoms with Crippen LogP contribution in [-0.4, -0.2) is 35.8 Å². The number of nitrogens with zero attached hydrogens (tertiary/aromatic N) is 2. The molecule has 0 amide bonds. The van der Waals surface area contributed by atoms with Gasteiger partial charge < -0.3 is 4.90 Å². The van der Waals surface area contributed by atoms with Gasteiger partial charge in [-0.3, -0.25) is 0 Å². The Morgan fingerprint density at radius 2 is 1.34 bits per heavy atom. The maximum absolute atomic E-state index is 2.75. The van der Waals surface area contributed by atoms with Crippen molar-refractivity contribution in [2.75, 3.05) is 4.90 Å². The Labute approximate surface area is 327 Å². The van der Waals surface area contributed by atoms with E-state index in [2.05, 4.69) is 192 Å². The molecule has 2 nitrogen and oxygen atoms in total. The van der Waals surface area contributed by atoms with Gasteiger partial charge in [0.2, 0.25) is 30.5 Å². The molecule has 5 aromatic carbocycles. The number of rotatable bonds is 2. The number of hydrogen-bond acceptors (Lipinski definition) is 1. The third-order valence-electron chi connectivity index (χ3n) is 14.0. The Balaban J connectivity index is 1.04. The van der Waals surface area contributed by atoms with Crippen LogP contribution < -0.4 is 26.8 Å². The van der Waals surface area contributed by atoms with E-state index in [0.717, 1.165) is 0 Å². The summed E-state index contributed by atoms with van der Waals surface area (Å²) in [6.07, 6.45) is 22.0. The molecule has 4 aliphatic heterocycles. The van der Waals surface area contributed by atoms with E-state index < -0.39 is 0 Å². The topological polar surface area (TPSA) is 6.25 Å². The molecule has 4 heterocycles. The van der Waals surface area contributed by atoms with E-state index in [1.165, 1.54) is 106 Å². The van der Waals surface area contributed by atoms with Gasteiger partial charge in [-0.25, -0.2) is 0 Å². The van der Waals surface area contributed by atoms with Crippen LogP contribution in [-0.2, 0) is 0 Å². The number of benzene rings is 5. The third kappa shape index (κ3) is 3.55. The average Bonchev–Trinajstić information content (AvgIpc) is 3.78. The van der Waals surface area contributed by atoms with Crippen LogP contribution in [0.15, 0.2) is 227 Å². The van der Waals surface area contributed by atoms with E-state index in [1.54, 1.807) is 0 Å². The van der Waals surface area contributed by atoms with E-state index in [1.807, 2.05) is 0 Å². The summed E-state index contributed by atoms with van der Waals surface area (Å²) in [6, 6.07) is 47.8. The average molecular weight is 707 g/mol. The first-order valence-electron chi connectivity index (χ1n) is 20.1. The van der Waals surface area contributed by atoms with Gasteiger partial charge in [0.1, 0.15) is 12.1 Å². The lowest BCUT2D eigenvalue weighted by Crippen LogP contribution is -2.63. The number of hydrogen-bond donors (Lipinski definition) is 0. The van der Waals surface area contributed by atoms with Crippen molar-refractivity contribution >= 4 is 57.9 Å². The Hall–Kier alpha value is -6.64. The Morgan fingerprint density at radius 1 is 0.571 bits per heavy atom. The van der Waals surface area contributed by atoms with Crippen molar-refractivity contribution in [2.24, 2.45) is 5.92 Å². The zero-order valence-corrected chi connectivity index (χ0v) is 30.6. The molecule has 3 unspecified atom stereocenters. The molecule has 9 aliphatic rings. The summed E-state index contributed by atoms with van der Waals surface area (Å²) in [5.74, 6) is 0.175. The molecule has 0 radical (unpaired) electrons. The molecule has 0 saturated heterocycles. The molecular formula is C52H33B2N2+. The van der Waals surface area contributed by atoms with E-state index in [-0.39, 0.29) is 31.4 Å². The molecule has 0 spiro atoms. The van der Waals surface area contributed by atoms with Crippen LogP contribution in [0.2, 0.25) is 0 Å². The second kappa shape index (κ2) is 10.6. The monoisotopic (exact) mass is 707 g/mol.